The zero-order valence-electron chi connectivity index (χ0n) is 13.6. The van der Waals surface area contributed by atoms with Crippen molar-refractivity contribution < 1.29 is 0 Å². The lowest BCUT2D eigenvalue weighted by Crippen LogP contribution is -2.69. The number of hydrogen-bond acceptors (Lipinski definition) is 7. The second kappa shape index (κ2) is 4.86. The lowest BCUT2D eigenvalue weighted by molar-refractivity contribution is 0.287. The molecule has 0 radical (unpaired) electrons. The number of hydrogen-bond donors (Lipinski definition) is 1. The van der Waals surface area contributed by atoms with Gasteiger partial charge in [0.1, 0.15) is 12.1 Å². The van der Waals surface area contributed by atoms with Gasteiger partial charge < -0.3 is 9.80 Å². The summed E-state index contributed by atoms with van der Waals surface area (Å²) in [5.74, 6) is 1.83. The van der Waals surface area contributed by atoms with Crippen molar-refractivity contribution >= 4 is 22.8 Å². The number of fused-ring (bicyclic) bond motifs is 3. The molecule has 3 aliphatic heterocycles. The van der Waals surface area contributed by atoms with Crippen LogP contribution < -0.4 is 9.80 Å². The van der Waals surface area contributed by atoms with Crippen LogP contribution in [0.25, 0.3) is 11.0 Å². The lowest BCUT2D eigenvalue weighted by Gasteiger charge is -2.56. The van der Waals surface area contributed by atoms with Crippen LogP contribution in [0.3, 0.4) is 0 Å². The van der Waals surface area contributed by atoms with E-state index in [4.69, 9.17) is 0 Å². The maximum atomic E-state index is 4.61. The molecule has 0 spiro atoms. The Labute approximate surface area is 139 Å². The molecule has 0 aliphatic carbocycles. The minimum atomic E-state index is 0.432. The molecule has 2 bridgehead atoms. The highest BCUT2D eigenvalue weighted by Crippen LogP contribution is 2.39. The first-order valence-electron chi connectivity index (χ1n) is 8.18. The van der Waals surface area contributed by atoms with E-state index in [0.717, 1.165) is 47.3 Å². The Morgan fingerprint density at radius 1 is 1.08 bits per heavy atom. The predicted molar refractivity (Wildman–Crippen MR) is 90.1 cm³/mol. The minimum Gasteiger partial charge on any atom is -0.346 e. The Balaban J connectivity index is 1.44. The van der Waals surface area contributed by atoms with Gasteiger partial charge in [0.05, 0.1) is 23.7 Å². The number of H-pyrrole nitrogens is 1. The fourth-order valence-corrected chi connectivity index (χ4v) is 3.93. The van der Waals surface area contributed by atoms with Crippen LogP contribution in [0.4, 0.5) is 11.8 Å². The summed E-state index contributed by atoms with van der Waals surface area (Å²) in [5, 5.41) is 8.00. The van der Waals surface area contributed by atoms with E-state index >= 15 is 0 Å². The summed E-state index contributed by atoms with van der Waals surface area (Å²) < 4.78 is 0. The normalized spacial score (nSPS) is 22.8. The molecule has 6 rings (SSSR count). The molecule has 122 valence electrons. The van der Waals surface area contributed by atoms with E-state index in [9.17, 15) is 0 Å². The van der Waals surface area contributed by atoms with Gasteiger partial charge in [-0.3, -0.25) is 5.10 Å². The standard InChI is InChI=1S/C16H18N8/c1-9-3-10(2)21-16(20-9)23-6-11-4-12(7-23)24(11)15-13-5-19-22-14(13)17-8-18-15/h3,5,8,11-12H,4,6-7H2,1-2H3,(H,17,18,19,22). The van der Waals surface area contributed by atoms with Crippen LogP contribution in [0.1, 0.15) is 17.8 Å². The predicted octanol–water partition coefficient (Wildman–Crippen LogP) is 1.23. The molecule has 3 aromatic rings. The van der Waals surface area contributed by atoms with Crippen LogP contribution in [0.15, 0.2) is 18.6 Å². The summed E-state index contributed by atoms with van der Waals surface area (Å²) in [6.07, 6.45) is 4.60. The van der Waals surface area contributed by atoms with Gasteiger partial charge in [0, 0.05) is 24.5 Å². The largest absolute Gasteiger partial charge is 0.346 e. The van der Waals surface area contributed by atoms with Gasteiger partial charge in [-0.25, -0.2) is 19.9 Å². The molecule has 8 heteroatoms. The van der Waals surface area contributed by atoms with E-state index in [1.54, 1.807) is 6.33 Å². The van der Waals surface area contributed by atoms with Crippen LogP contribution >= 0.6 is 0 Å². The van der Waals surface area contributed by atoms with Gasteiger partial charge in [0.2, 0.25) is 5.95 Å². The maximum absolute atomic E-state index is 4.61. The van der Waals surface area contributed by atoms with Crippen molar-refractivity contribution in [3.05, 3.63) is 30.0 Å². The third-order valence-corrected chi connectivity index (χ3v) is 4.92. The molecule has 0 amide bonds. The molecule has 2 atom stereocenters. The zero-order valence-corrected chi connectivity index (χ0v) is 13.6. The monoisotopic (exact) mass is 322 g/mol. The van der Waals surface area contributed by atoms with E-state index in [0.29, 0.717) is 12.1 Å². The number of piperazine rings is 1. The van der Waals surface area contributed by atoms with E-state index in [1.807, 2.05) is 26.1 Å². The average Bonchev–Trinajstić information content (AvgIpc) is 3.03. The first-order chi connectivity index (χ1) is 11.7. The number of aryl methyl sites for hydroxylation is 2. The second-order valence-electron chi connectivity index (χ2n) is 6.64. The Morgan fingerprint density at radius 2 is 1.83 bits per heavy atom. The minimum absolute atomic E-state index is 0.432. The quantitative estimate of drug-likeness (QED) is 0.759. The fraction of sp³-hybridized carbons (Fsp3) is 0.438. The smallest absolute Gasteiger partial charge is 0.225 e. The van der Waals surface area contributed by atoms with E-state index in [1.165, 1.54) is 6.42 Å². The van der Waals surface area contributed by atoms with Crippen LogP contribution in [0.2, 0.25) is 0 Å². The molecule has 0 saturated carbocycles. The topological polar surface area (TPSA) is 86.7 Å². The molecule has 8 nitrogen and oxygen atoms in total. The van der Waals surface area contributed by atoms with Crippen LogP contribution in [0, 0.1) is 13.8 Å². The summed E-state index contributed by atoms with van der Waals surface area (Å²) >= 11 is 0. The number of aromatic nitrogens is 6. The second-order valence-corrected chi connectivity index (χ2v) is 6.64. The summed E-state index contributed by atoms with van der Waals surface area (Å²) in [5.41, 5.74) is 2.83. The number of nitrogens with one attached hydrogen (secondary N) is 1. The molecule has 3 aliphatic rings. The van der Waals surface area contributed by atoms with Gasteiger partial charge in [-0.2, -0.15) is 5.10 Å². The number of anilines is 2. The van der Waals surface area contributed by atoms with Crippen LogP contribution in [-0.4, -0.2) is 55.3 Å². The Bertz CT molecular complexity index is 887. The van der Waals surface area contributed by atoms with Crippen molar-refractivity contribution in [2.45, 2.75) is 32.4 Å². The van der Waals surface area contributed by atoms with E-state index in [-0.39, 0.29) is 0 Å². The summed E-state index contributed by atoms with van der Waals surface area (Å²) in [6.45, 7) is 5.88. The molecule has 1 N–H and O–H groups in total. The molecule has 24 heavy (non-hydrogen) atoms. The molecule has 6 heterocycles. The fourth-order valence-electron chi connectivity index (χ4n) is 3.93. The lowest BCUT2D eigenvalue weighted by atomic mass is 9.87. The highest BCUT2D eigenvalue weighted by Gasteiger charge is 2.46. The SMILES string of the molecule is Cc1cc(C)nc(N2CC3CC(C2)N3c2ncnc3[nH]ncc23)n1. The highest BCUT2D eigenvalue weighted by molar-refractivity contribution is 5.87. The maximum Gasteiger partial charge on any atom is 0.225 e. The van der Waals surface area contributed by atoms with Crippen molar-refractivity contribution in [2.24, 2.45) is 0 Å². The number of rotatable bonds is 2. The van der Waals surface area contributed by atoms with E-state index < -0.39 is 0 Å². The summed E-state index contributed by atoms with van der Waals surface area (Å²) in [4.78, 5) is 22.7. The average molecular weight is 322 g/mol. The molecule has 3 saturated heterocycles. The van der Waals surface area contributed by atoms with Crippen LogP contribution in [-0.2, 0) is 0 Å². The Morgan fingerprint density at radius 3 is 2.58 bits per heavy atom. The molecule has 2 unspecified atom stereocenters. The van der Waals surface area contributed by atoms with Crippen LogP contribution in [0.5, 0.6) is 0 Å². The zero-order chi connectivity index (χ0) is 16.3. The molecule has 0 aromatic carbocycles. The third-order valence-electron chi connectivity index (χ3n) is 4.92. The number of piperidine rings is 1. The van der Waals surface area contributed by atoms with Gasteiger partial charge in [-0.15, -0.1) is 0 Å². The van der Waals surface area contributed by atoms with Gasteiger partial charge >= 0.3 is 0 Å². The summed E-state index contributed by atoms with van der Waals surface area (Å²) in [6, 6.07) is 2.87. The molecule has 3 fully saturated rings. The van der Waals surface area contributed by atoms with Gasteiger partial charge in [0.25, 0.3) is 0 Å². The summed E-state index contributed by atoms with van der Waals surface area (Å²) in [7, 11) is 0. The van der Waals surface area contributed by atoms with Crippen molar-refractivity contribution in [3.8, 4) is 0 Å². The van der Waals surface area contributed by atoms with Crippen molar-refractivity contribution in [3.63, 3.8) is 0 Å². The molecular weight excluding hydrogens is 304 g/mol. The molecule has 3 aromatic heterocycles. The first-order valence-corrected chi connectivity index (χ1v) is 8.18. The third kappa shape index (κ3) is 1.95. The van der Waals surface area contributed by atoms with Crippen molar-refractivity contribution in [2.75, 3.05) is 22.9 Å². The Hall–Kier alpha value is -2.77. The highest BCUT2D eigenvalue weighted by atomic mass is 15.4. The van der Waals surface area contributed by atoms with Gasteiger partial charge in [-0.05, 0) is 26.3 Å². The number of nitrogens with zero attached hydrogens (tertiary/aromatic N) is 7. The van der Waals surface area contributed by atoms with Gasteiger partial charge in [0.15, 0.2) is 5.65 Å². The van der Waals surface area contributed by atoms with Gasteiger partial charge in [-0.1, -0.05) is 0 Å². The first kappa shape index (κ1) is 13.6. The van der Waals surface area contributed by atoms with Crippen molar-refractivity contribution in [1.82, 2.24) is 30.1 Å². The number of aromatic amines is 1. The molecular formula is C16H18N8. The Kier molecular flexibility index (Phi) is 2.76. The van der Waals surface area contributed by atoms with E-state index in [2.05, 4.69) is 39.9 Å². The van der Waals surface area contributed by atoms with Crippen molar-refractivity contribution in [1.29, 1.82) is 0 Å².